The van der Waals surface area contributed by atoms with Crippen molar-refractivity contribution in [2.45, 2.75) is 18.8 Å². The van der Waals surface area contributed by atoms with Crippen molar-refractivity contribution in [1.82, 2.24) is 4.90 Å². The Bertz CT molecular complexity index is 765. The number of likely N-dealkylation sites (N-methyl/N-ethyl adjacent to an activating group) is 1. The van der Waals surface area contributed by atoms with E-state index in [9.17, 15) is 4.79 Å². The van der Waals surface area contributed by atoms with Gasteiger partial charge in [-0.2, -0.15) is 0 Å². The van der Waals surface area contributed by atoms with Gasteiger partial charge in [0.25, 0.3) is 0 Å². The van der Waals surface area contributed by atoms with Gasteiger partial charge in [0.05, 0.1) is 0 Å². The number of esters is 1. The molecule has 3 nitrogen and oxygen atoms in total. The molecule has 2 aromatic carbocycles. The second-order valence-electron chi connectivity index (χ2n) is 6.23. The topological polar surface area (TPSA) is 29.5 Å². The normalized spacial score (nSPS) is 21.0. The van der Waals surface area contributed by atoms with Crippen LogP contribution in [0.3, 0.4) is 0 Å². The molecule has 1 fully saturated rings. The highest BCUT2D eigenvalue weighted by Crippen LogP contribution is 2.45. The zero-order valence-corrected chi connectivity index (χ0v) is 16.0. The molecule has 1 saturated heterocycles. The summed E-state index contributed by atoms with van der Waals surface area (Å²) in [7, 11) is 2.11. The summed E-state index contributed by atoms with van der Waals surface area (Å²) in [5, 5.41) is 0.654. The fraction of sp³-hybridized carbons (Fsp3) is 0.316. The third-order valence-corrected chi connectivity index (χ3v) is 5.39. The maximum Gasteiger partial charge on any atom is 0.308 e. The average molecular weight is 409 g/mol. The summed E-state index contributed by atoms with van der Waals surface area (Å²) in [6, 6.07) is 13.8. The molecule has 1 aliphatic rings. The smallest absolute Gasteiger partial charge is 0.308 e. The van der Waals surface area contributed by atoms with E-state index < -0.39 is 0 Å². The molecule has 0 bridgehead atoms. The Morgan fingerprint density at radius 1 is 1.17 bits per heavy atom. The van der Waals surface area contributed by atoms with Crippen LogP contribution in [-0.4, -0.2) is 31.0 Å². The van der Waals surface area contributed by atoms with Crippen LogP contribution in [0.5, 0.6) is 5.75 Å². The highest BCUT2D eigenvalue weighted by molar-refractivity contribution is 9.10. The van der Waals surface area contributed by atoms with Crippen LogP contribution in [0.4, 0.5) is 0 Å². The molecule has 1 heterocycles. The molecule has 2 aromatic rings. The predicted octanol–water partition coefficient (Wildman–Crippen LogP) is 4.84. The van der Waals surface area contributed by atoms with Gasteiger partial charge in [-0.15, -0.1) is 0 Å². The van der Waals surface area contributed by atoms with E-state index in [-0.39, 0.29) is 11.9 Å². The maximum atomic E-state index is 11.5. The number of ether oxygens (including phenoxy) is 1. The molecule has 0 aliphatic carbocycles. The van der Waals surface area contributed by atoms with E-state index in [2.05, 4.69) is 46.1 Å². The van der Waals surface area contributed by atoms with E-state index in [0.717, 1.165) is 23.1 Å². The van der Waals surface area contributed by atoms with E-state index >= 15 is 0 Å². The van der Waals surface area contributed by atoms with Crippen LogP contribution in [0.2, 0.25) is 5.02 Å². The maximum absolute atomic E-state index is 11.5. The third kappa shape index (κ3) is 3.66. The minimum atomic E-state index is -0.317. The number of nitrogens with zero attached hydrogens (tertiary/aromatic N) is 1. The van der Waals surface area contributed by atoms with Gasteiger partial charge in [0.2, 0.25) is 0 Å². The van der Waals surface area contributed by atoms with E-state index in [1.54, 1.807) is 12.1 Å². The third-order valence-electron chi connectivity index (χ3n) is 4.43. The first-order valence-electron chi connectivity index (χ1n) is 7.86. The van der Waals surface area contributed by atoms with Gasteiger partial charge in [-0.3, -0.25) is 4.79 Å². The van der Waals surface area contributed by atoms with Crippen molar-refractivity contribution in [2.24, 2.45) is 0 Å². The minimum absolute atomic E-state index is 0.210. The van der Waals surface area contributed by atoms with Gasteiger partial charge in [0.15, 0.2) is 0 Å². The molecule has 0 aromatic heterocycles. The lowest BCUT2D eigenvalue weighted by atomic mass is 9.83. The number of hydrogen-bond acceptors (Lipinski definition) is 3. The van der Waals surface area contributed by atoms with Crippen LogP contribution in [0.25, 0.3) is 0 Å². The average Bonchev–Trinajstić information content (AvgIpc) is 2.90. The van der Waals surface area contributed by atoms with Crippen molar-refractivity contribution in [3.05, 3.63) is 63.1 Å². The Morgan fingerprint density at radius 3 is 2.50 bits per heavy atom. The Labute approximate surface area is 155 Å². The molecule has 0 saturated carbocycles. The number of carbonyl (C=O) groups is 1. The van der Waals surface area contributed by atoms with E-state index in [1.165, 1.54) is 12.5 Å². The standard InChI is InChI=1S/C19H19BrClNO2/c1-12(23)24-19-8-7-13(21)9-15(19)17-11-22(2)10-16(17)14-5-3-4-6-18(14)20/h3-9,16-17H,10-11H2,1-2H3. The van der Waals surface area contributed by atoms with Crippen LogP contribution in [0, 0.1) is 0 Å². The van der Waals surface area contributed by atoms with Crippen LogP contribution in [-0.2, 0) is 4.79 Å². The van der Waals surface area contributed by atoms with E-state index in [0.29, 0.717) is 16.7 Å². The zero-order chi connectivity index (χ0) is 17.3. The SMILES string of the molecule is CC(=O)Oc1ccc(Cl)cc1C1CN(C)CC1c1ccccc1Br. The van der Waals surface area contributed by atoms with Gasteiger partial charge >= 0.3 is 5.97 Å². The van der Waals surface area contributed by atoms with Crippen LogP contribution >= 0.6 is 27.5 Å². The highest BCUT2D eigenvalue weighted by atomic mass is 79.9. The van der Waals surface area contributed by atoms with Crippen LogP contribution < -0.4 is 4.74 Å². The van der Waals surface area contributed by atoms with Crippen LogP contribution in [0.15, 0.2) is 46.9 Å². The molecule has 1 aliphatic heterocycles. The van der Waals surface area contributed by atoms with E-state index in [4.69, 9.17) is 16.3 Å². The monoisotopic (exact) mass is 407 g/mol. The van der Waals surface area contributed by atoms with Gasteiger partial charge in [0.1, 0.15) is 5.75 Å². The Morgan fingerprint density at radius 2 is 1.83 bits per heavy atom. The van der Waals surface area contributed by atoms with Crippen molar-refractivity contribution in [1.29, 1.82) is 0 Å². The summed E-state index contributed by atoms with van der Waals surface area (Å²) in [5.74, 6) is 0.798. The number of hydrogen-bond donors (Lipinski definition) is 0. The zero-order valence-electron chi connectivity index (χ0n) is 13.6. The number of rotatable bonds is 3. The Balaban J connectivity index is 2.05. The summed E-state index contributed by atoms with van der Waals surface area (Å²) in [4.78, 5) is 13.8. The fourth-order valence-corrected chi connectivity index (χ4v) is 4.22. The molecule has 2 atom stereocenters. The first kappa shape index (κ1) is 17.5. The number of benzene rings is 2. The molecule has 0 amide bonds. The molecule has 0 spiro atoms. The number of likely N-dealkylation sites (tertiary alicyclic amines) is 1. The lowest BCUT2D eigenvalue weighted by Gasteiger charge is -2.22. The largest absolute Gasteiger partial charge is 0.426 e. The second-order valence-corrected chi connectivity index (χ2v) is 7.52. The highest BCUT2D eigenvalue weighted by Gasteiger charge is 2.36. The number of halogens is 2. The first-order valence-corrected chi connectivity index (χ1v) is 9.03. The first-order chi connectivity index (χ1) is 11.5. The van der Waals surface area contributed by atoms with Crippen molar-refractivity contribution >= 4 is 33.5 Å². The quantitative estimate of drug-likeness (QED) is 0.537. The molecular formula is C19H19BrClNO2. The minimum Gasteiger partial charge on any atom is -0.426 e. The van der Waals surface area contributed by atoms with Crippen molar-refractivity contribution in [2.75, 3.05) is 20.1 Å². The van der Waals surface area contributed by atoms with Crippen LogP contribution in [0.1, 0.15) is 29.9 Å². The summed E-state index contributed by atoms with van der Waals surface area (Å²) in [5.41, 5.74) is 2.25. The lowest BCUT2D eigenvalue weighted by Crippen LogP contribution is -2.14. The molecular weight excluding hydrogens is 390 g/mol. The van der Waals surface area contributed by atoms with Crippen molar-refractivity contribution < 1.29 is 9.53 Å². The van der Waals surface area contributed by atoms with Gasteiger partial charge < -0.3 is 9.64 Å². The molecule has 0 N–H and O–H groups in total. The molecule has 2 unspecified atom stereocenters. The van der Waals surface area contributed by atoms with E-state index in [1.807, 2.05) is 12.1 Å². The fourth-order valence-electron chi connectivity index (χ4n) is 3.46. The molecule has 0 radical (unpaired) electrons. The van der Waals surface area contributed by atoms with Gasteiger partial charge in [-0.25, -0.2) is 0 Å². The molecule has 3 rings (SSSR count). The van der Waals surface area contributed by atoms with Gasteiger partial charge in [-0.05, 0) is 36.9 Å². The van der Waals surface area contributed by atoms with Gasteiger partial charge in [0, 0.05) is 46.9 Å². The Kier molecular flexibility index (Phi) is 5.28. The molecule has 24 heavy (non-hydrogen) atoms. The lowest BCUT2D eigenvalue weighted by molar-refractivity contribution is -0.131. The van der Waals surface area contributed by atoms with Crippen molar-refractivity contribution in [3.8, 4) is 5.75 Å². The molecule has 126 valence electrons. The van der Waals surface area contributed by atoms with Gasteiger partial charge in [-0.1, -0.05) is 45.7 Å². The summed E-state index contributed by atoms with van der Waals surface area (Å²) < 4.78 is 6.54. The number of carbonyl (C=O) groups excluding carboxylic acids is 1. The predicted molar refractivity (Wildman–Crippen MR) is 99.9 cm³/mol. The summed E-state index contributed by atoms with van der Waals surface area (Å²) >= 11 is 9.90. The second kappa shape index (κ2) is 7.26. The Hall–Kier alpha value is -1.36. The summed E-state index contributed by atoms with van der Waals surface area (Å²) in [6.45, 7) is 3.25. The summed E-state index contributed by atoms with van der Waals surface area (Å²) in [6.07, 6.45) is 0. The van der Waals surface area contributed by atoms with Crippen molar-refractivity contribution in [3.63, 3.8) is 0 Å². The molecule has 5 heteroatoms.